The van der Waals surface area contributed by atoms with E-state index in [2.05, 4.69) is 23.7 Å². The Balaban J connectivity index is 1.91. The van der Waals surface area contributed by atoms with Crippen molar-refractivity contribution in [1.82, 2.24) is 9.88 Å². The quantitative estimate of drug-likeness (QED) is 0.554. The fourth-order valence-corrected chi connectivity index (χ4v) is 4.51. The van der Waals surface area contributed by atoms with Gasteiger partial charge < -0.3 is 4.74 Å². The van der Waals surface area contributed by atoms with Crippen LogP contribution in [0.15, 0.2) is 12.1 Å². The van der Waals surface area contributed by atoms with Crippen LogP contribution in [-0.4, -0.2) is 34.0 Å². The molecule has 0 bridgehead atoms. The van der Waals surface area contributed by atoms with Gasteiger partial charge in [0.1, 0.15) is 21.9 Å². The highest BCUT2D eigenvalue weighted by Gasteiger charge is 2.56. The Labute approximate surface area is 159 Å². The minimum absolute atomic E-state index is 0.142. The molecule has 1 aliphatic heterocycles. The van der Waals surface area contributed by atoms with Crippen LogP contribution < -0.4 is 0 Å². The van der Waals surface area contributed by atoms with Crippen LogP contribution in [-0.2, 0) is 9.53 Å². The van der Waals surface area contributed by atoms with Crippen LogP contribution in [0.5, 0.6) is 0 Å². The number of hydrogen-bond acceptors (Lipinski definition) is 4. The van der Waals surface area contributed by atoms with Crippen molar-refractivity contribution in [2.24, 2.45) is 17.8 Å². The molecule has 138 valence electrons. The van der Waals surface area contributed by atoms with Crippen molar-refractivity contribution in [3.05, 3.63) is 28.0 Å². The van der Waals surface area contributed by atoms with Crippen LogP contribution in [0, 0.1) is 17.8 Å². The van der Waals surface area contributed by atoms with Gasteiger partial charge in [-0.1, -0.05) is 37.0 Å². The van der Waals surface area contributed by atoms with Crippen LogP contribution in [0.3, 0.4) is 0 Å². The first-order valence-electron chi connectivity index (χ1n) is 8.88. The average Bonchev–Trinajstić information content (AvgIpc) is 3.06. The highest BCUT2D eigenvalue weighted by atomic mass is 35.5. The molecule has 4 nitrogen and oxygen atoms in total. The number of esters is 1. The van der Waals surface area contributed by atoms with Gasteiger partial charge >= 0.3 is 5.97 Å². The first-order chi connectivity index (χ1) is 11.6. The number of carbonyl (C=O) groups is 1. The normalized spacial score (nSPS) is 27.3. The maximum atomic E-state index is 12.9. The highest BCUT2D eigenvalue weighted by molar-refractivity contribution is 6.32. The van der Waals surface area contributed by atoms with Crippen LogP contribution in [0.25, 0.3) is 0 Å². The standard InChI is InChI=1S/C19H26Cl2N2O2/c1-10(2)16(18(24)25-19(3,4)5)23-9-12-6-13(12)17(23)11-7-14(20)22-15(21)8-11/h7-8,10,12-13,16-17H,6,9H2,1-5H3/t12-,13-,16+,17-/m1/s1. The fourth-order valence-electron chi connectivity index (χ4n) is 4.03. The summed E-state index contributed by atoms with van der Waals surface area (Å²) >= 11 is 12.2. The number of nitrogens with zero attached hydrogens (tertiary/aromatic N) is 2. The molecule has 6 heteroatoms. The van der Waals surface area contributed by atoms with Gasteiger partial charge in [0.15, 0.2) is 0 Å². The lowest BCUT2D eigenvalue weighted by Crippen LogP contribution is -2.48. The molecule has 2 fully saturated rings. The first kappa shape index (κ1) is 18.9. The number of fused-ring (bicyclic) bond motifs is 1. The summed E-state index contributed by atoms with van der Waals surface area (Å²) in [7, 11) is 0. The smallest absolute Gasteiger partial charge is 0.324 e. The van der Waals surface area contributed by atoms with Crippen molar-refractivity contribution < 1.29 is 9.53 Å². The molecule has 0 aromatic carbocycles. The maximum absolute atomic E-state index is 12.9. The molecule has 0 amide bonds. The first-order valence-corrected chi connectivity index (χ1v) is 9.64. The van der Waals surface area contributed by atoms with Gasteiger partial charge in [0.25, 0.3) is 0 Å². The van der Waals surface area contributed by atoms with Crippen molar-refractivity contribution in [3.63, 3.8) is 0 Å². The zero-order chi connectivity index (χ0) is 18.5. The summed E-state index contributed by atoms with van der Waals surface area (Å²) in [4.78, 5) is 19.2. The molecule has 1 aromatic rings. The molecular formula is C19H26Cl2N2O2. The van der Waals surface area contributed by atoms with Gasteiger partial charge in [0.05, 0.1) is 0 Å². The minimum Gasteiger partial charge on any atom is -0.459 e. The molecule has 1 saturated heterocycles. The molecule has 0 radical (unpaired) electrons. The zero-order valence-corrected chi connectivity index (χ0v) is 16.9. The van der Waals surface area contributed by atoms with Gasteiger partial charge in [0, 0.05) is 12.6 Å². The molecule has 1 aliphatic carbocycles. The molecule has 0 spiro atoms. The SMILES string of the molecule is CC(C)[C@@H](C(=O)OC(C)(C)C)N1C[C@H]2C[C@H]2[C@H]1c1cc(Cl)nc(Cl)c1. The lowest BCUT2D eigenvalue weighted by molar-refractivity contribution is -0.164. The largest absolute Gasteiger partial charge is 0.459 e. The average molecular weight is 385 g/mol. The lowest BCUT2D eigenvalue weighted by Gasteiger charge is -2.37. The van der Waals surface area contributed by atoms with Gasteiger partial charge in [0.2, 0.25) is 0 Å². The summed E-state index contributed by atoms with van der Waals surface area (Å²) in [6, 6.07) is 3.61. The molecular weight excluding hydrogens is 359 g/mol. The number of likely N-dealkylation sites (tertiary alicyclic amines) is 1. The van der Waals surface area contributed by atoms with Crippen LogP contribution in [0.2, 0.25) is 10.3 Å². The second kappa shape index (κ2) is 6.71. The number of carbonyl (C=O) groups excluding carboxylic acids is 1. The number of halogens is 2. The maximum Gasteiger partial charge on any atom is 0.324 e. The van der Waals surface area contributed by atoms with Crippen LogP contribution in [0.1, 0.15) is 52.6 Å². The third kappa shape index (κ3) is 4.12. The molecule has 25 heavy (non-hydrogen) atoms. The van der Waals surface area contributed by atoms with Gasteiger partial charge in [-0.3, -0.25) is 9.69 Å². The fraction of sp³-hybridized carbons (Fsp3) is 0.684. The highest BCUT2D eigenvalue weighted by Crippen LogP contribution is 2.57. The molecule has 0 unspecified atom stereocenters. The van der Waals surface area contributed by atoms with Crippen molar-refractivity contribution >= 4 is 29.2 Å². The van der Waals surface area contributed by atoms with E-state index in [4.69, 9.17) is 27.9 Å². The molecule has 1 aromatic heterocycles. The van der Waals surface area contributed by atoms with Crippen LogP contribution >= 0.6 is 23.2 Å². The van der Waals surface area contributed by atoms with E-state index in [1.807, 2.05) is 32.9 Å². The monoisotopic (exact) mass is 384 g/mol. The number of aromatic nitrogens is 1. The number of hydrogen-bond donors (Lipinski definition) is 0. The van der Waals surface area contributed by atoms with Gasteiger partial charge in [-0.2, -0.15) is 0 Å². The minimum atomic E-state index is -0.494. The Morgan fingerprint density at radius 1 is 1.28 bits per heavy atom. The topological polar surface area (TPSA) is 42.4 Å². The van der Waals surface area contributed by atoms with Crippen molar-refractivity contribution in [1.29, 1.82) is 0 Å². The Morgan fingerprint density at radius 2 is 1.88 bits per heavy atom. The molecule has 0 N–H and O–H groups in total. The summed E-state index contributed by atoms with van der Waals surface area (Å²) in [5, 5.41) is 0.787. The number of pyridine rings is 1. The Kier molecular flexibility index (Phi) is 5.08. The van der Waals surface area contributed by atoms with Gasteiger partial charge in [-0.15, -0.1) is 0 Å². The number of piperidine rings is 1. The summed E-state index contributed by atoms with van der Waals surface area (Å²) in [5.74, 6) is 1.19. The van der Waals surface area contributed by atoms with Gasteiger partial charge in [-0.25, -0.2) is 4.98 Å². The molecule has 2 aliphatic rings. The zero-order valence-electron chi connectivity index (χ0n) is 15.4. The second-order valence-electron chi connectivity index (χ2n) is 8.57. The Hall–Kier alpha value is -0.840. The number of rotatable bonds is 4. The Morgan fingerprint density at radius 3 is 2.40 bits per heavy atom. The summed E-state index contributed by atoms with van der Waals surface area (Å²) in [6.07, 6.45) is 1.19. The second-order valence-corrected chi connectivity index (χ2v) is 9.34. The molecule has 3 rings (SSSR count). The van der Waals surface area contributed by atoms with Crippen LogP contribution in [0.4, 0.5) is 0 Å². The summed E-state index contributed by atoms with van der Waals surface area (Å²) in [5.41, 5.74) is 0.551. The predicted molar refractivity (Wildman–Crippen MR) is 99.8 cm³/mol. The van der Waals surface area contributed by atoms with E-state index in [1.165, 1.54) is 6.42 Å². The molecule has 1 saturated carbocycles. The van der Waals surface area contributed by atoms with E-state index in [0.717, 1.165) is 12.1 Å². The Bertz CT molecular complexity index is 652. The van der Waals surface area contributed by atoms with E-state index in [-0.39, 0.29) is 24.0 Å². The van der Waals surface area contributed by atoms with E-state index in [1.54, 1.807) is 0 Å². The lowest BCUT2D eigenvalue weighted by atomic mass is 9.97. The third-order valence-corrected chi connectivity index (χ3v) is 5.34. The molecule has 2 heterocycles. The predicted octanol–water partition coefficient (Wildman–Crippen LogP) is 4.75. The van der Waals surface area contributed by atoms with Crippen molar-refractivity contribution in [3.8, 4) is 0 Å². The van der Waals surface area contributed by atoms with Gasteiger partial charge in [-0.05, 0) is 62.6 Å². The van der Waals surface area contributed by atoms with Crippen molar-refractivity contribution in [2.75, 3.05) is 6.54 Å². The number of ether oxygens (including phenoxy) is 1. The summed E-state index contributed by atoms with van der Waals surface area (Å²) in [6.45, 7) is 10.8. The molecule has 4 atom stereocenters. The summed E-state index contributed by atoms with van der Waals surface area (Å²) < 4.78 is 5.71. The van der Waals surface area contributed by atoms with E-state index in [9.17, 15) is 4.79 Å². The van der Waals surface area contributed by atoms with E-state index >= 15 is 0 Å². The van der Waals surface area contributed by atoms with E-state index < -0.39 is 5.60 Å². The third-order valence-electron chi connectivity index (χ3n) is 4.95. The van der Waals surface area contributed by atoms with E-state index in [0.29, 0.717) is 22.1 Å². The van der Waals surface area contributed by atoms with Crippen molar-refractivity contribution in [2.45, 2.75) is 58.7 Å².